The lowest BCUT2D eigenvalue weighted by atomic mass is 9.64. The van der Waals surface area contributed by atoms with E-state index in [1.807, 2.05) is 0 Å². The monoisotopic (exact) mass is 402 g/mol. The van der Waals surface area contributed by atoms with Crippen molar-refractivity contribution in [1.29, 1.82) is 0 Å². The van der Waals surface area contributed by atoms with E-state index in [0.29, 0.717) is 12.8 Å². The summed E-state index contributed by atoms with van der Waals surface area (Å²) in [5.41, 5.74) is -0.586. The summed E-state index contributed by atoms with van der Waals surface area (Å²) in [6.45, 7) is 2.31. The minimum Gasteiger partial charge on any atom is -0.464 e. The van der Waals surface area contributed by atoms with E-state index in [1.54, 1.807) is 13.8 Å². The first-order valence-corrected chi connectivity index (χ1v) is 9.44. The molecule has 1 fully saturated rings. The number of amides is 2. The van der Waals surface area contributed by atoms with Crippen molar-refractivity contribution in [3.8, 4) is 0 Å². The van der Waals surface area contributed by atoms with Gasteiger partial charge in [-0.25, -0.2) is 9.59 Å². The molecule has 1 aliphatic rings. The summed E-state index contributed by atoms with van der Waals surface area (Å²) in [5.74, 6) is -2.38. The highest BCUT2D eigenvalue weighted by molar-refractivity contribution is 5.87. The largest absolute Gasteiger partial charge is 0.464 e. The molecule has 4 N–H and O–H groups in total. The van der Waals surface area contributed by atoms with Gasteiger partial charge in [-0.05, 0) is 32.1 Å². The van der Waals surface area contributed by atoms with Crippen molar-refractivity contribution >= 4 is 23.8 Å². The summed E-state index contributed by atoms with van der Waals surface area (Å²) in [6.07, 6.45) is 2.13. The number of carbonyl (C=O) groups excluding carboxylic acids is 4. The van der Waals surface area contributed by atoms with E-state index < -0.39 is 54.5 Å². The maximum Gasteiger partial charge on any atom is 0.331 e. The Morgan fingerprint density at radius 3 is 1.50 bits per heavy atom. The Balaban J connectivity index is 2.62. The Morgan fingerprint density at radius 1 is 0.857 bits per heavy atom. The number of nitrogens with one attached hydrogen (secondary N) is 2. The normalized spacial score (nSPS) is 16.9. The van der Waals surface area contributed by atoms with E-state index in [9.17, 15) is 29.4 Å². The molecule has 0 heterocycles. The van der Waals surface area contributed by atoms with Gasteiger partial charge in [0.2, 0.25) is 11.8 Å². The highest BCUT2D eigenvalue weighted by Gasteiger charge is 2.41. The maximum atomic E-state index is 12.3. The summed E-state index contributed by atoms with van der Waals surface area (Å²) >= 11 is 0. The smallest absolute Gasteiger partial charge is 0.331 e. The van der Waals surface area contributed by atoms with Gasteiger partial charge in [0.05, 0.1) is 26.4 Å². The lowest BCUT2D eigenvalue weighted by molar-refractivity contribution is -0.149. The number of carbonyl (C=O) groups is 4. The predicted molar refractivity (Wildman–Crippen MR) is 96.8 cm³/mol. The molecule has 0 aromatic carbocycles. The Bertz CT molecular complexity index is 518. The number of esters is 2. The molecule has 160 valence electrons. The van der Waals surface area contributed by atoms with Gasteiger partial charge in [0, 0.05) is 12.8 Å². The van der Waals surface area contributed by atoms with Gasteiger partial charge in [-0.2, -0.15) is 0 Å². The molecule has 1 rings (SSSR count). The van der Waals surface area contributed by atoms with E-state index in [1.165, 1.54) is 0 Å². The summed E-state index contributed by atoms with van der Waals surface area (Å²) in [5, 5.41) is 23.4. The number of ether oxygens (including phenoxy) is 2. The fraction of sp³-hybridized carbons (Fsp3) is 0.778. The molecule has 0 bridgehead atoms. The van der Waals surface area contributed by atoms with E-state index in [4.69, 9.17) is 9.47 Å². The molecule has 0 saturated heterocycles. The first-order valence-electron chi connectivity index (χ1n) is 9.44. The third kappa shape index (κ3) is 7.08. The van der Waals surface area contributed by atoms with Crippen LogP contribution in [0.3, 0.4) is 0 Å². The van der Waals surface area contributed by atoms with Crippen LogP contribution >= 0.6 is 0 Å². The highest BCUT2D eigenvalue weighted by Crippen LogP contribution is 2.46. The molecule has 0 radical (unpaired) electrons. The molecule has 28 heavy (non-hydrogen) atoms. The SMILES string of the molecule is CCOC(=O)[C@@H](CO)NC(=O)CC1(CC(=O)N[C@H](CO)C(=O)OCC)CCC1. The number of aliphatic hydroxyl groups excluding tert-OH is 2. The second-order valence-corrected chi connectivity index (χ2v) is 6.82. The fourth-order valence-electron chi connectivity index (χ4n) is 3.11. The minimum atomic E-state index is -1.15. The van der Waals surface area contributed by atoms with Gasteiger partial charge < -0.3 is 30.3 Å². The quantitative estimate of drug-likeness (QED) is 0.304. The van der Waals surface area contributed by atoms with Crippen LogP contribution in [0.4, 0.5) is 0 Å². The van der Waals surface area contributed by atoms with Crippen molar-refractivity contribution in [3.63, 3.8) is 0 Å². The highest BCUT2D eigenvalue weighted by atomic mass is 16.5. The Kier molecular flexibility index (Phi) is 9.88. The Hall–Kier alpha value is -2.20. The summed E-state index contributed by atoms with van der Waals surface area (Å²) in [4.78, 5) is 48.0. The zero-order valence-electron chi connectivity index (χ0n) is 16.4. The van der Waals surface area contributed by atoms with Gasteiger partial charge in [-0.1, -0.05) is 6.42 Å². The Morgan fingerprint density at radius 2 is 1.25 bits per heavy atom. The molecule has 0 aliphatic heterocycles. The number of aliphatic hydroxyl groups is 2. The van der Waals surface area contributed by atoms with Crippen LogP contribution in [0.15, 0.2) is 0 Å². The van der Waals surface area contributed by atoms with Crippen LogP contribution in [0.2, 0.25) is 0 Å². The van der Waals surface area contributed by atoms with Crippen molar-refractivity contribution in [2.24, 2.45) is 5.41 Å². The van der Waals surface area contributed by atoms with Gasteiger partial charge in [0.25, 0.3) is 0 Å². The van der Waals surface area contributed by atoms with Gasteiger partial charge in [0.15, 0.2) is 12.1 Å². The second-order valence-electron chi connectivity index (χ2n) is 6.82. The minimum absolute atomic E-state index is 0.000473. The molecule has 2 atom stereocenters. The van der Waals surface area contributed by atoms with Crippen LogP contribution in [0.1, 0.15) is 46.0 Å². The third-order valence-electron chi connectivity index (χ3n) is 4.66. The van der Waals surface area contributed by atoms with E-state index in [0.717, 1.165) is 6.42 Å². The predicted octanol–water partition coefficient (Wildman–Crippen LogP) is -0.983. The van der Waals surface area contributed by atoms with Crippen LogP contribution in [0.5, 0.6) is 0 Å². The lowest BCUT2D eigenvalue weighted by Crippen LogP contribution is -2.49. The lowest BCUT2D eigenvalue weighted by Gasteiger charge is -2.41. The average molecular weight is 402 g/mol. The molecular weight excluding hydrogens is 372 g/mol. The average Bonchev–Trinajstić information content (AvgIpc) is 2.62. The van der Waals surface area contributed by atoms with Crippen LogP contribution in [-0.4, -0.2) is 72.5 Å². The zero-order valence-corrected chi connectivity index (χ0v) is 16.4. The molecular formula is C18H30N2O8. The molecule has 0 aromatic heterocycles. The van der Waals surface area contributed by atoms with E-state index >= 15 is 0 Å². The van der Waals surface area contributed by atoms with Crippen LogP contribution in [0, 0.1) is 5.41 Å². The van der Waals surface area contributed by atoms with Crippen molar-refractivity contribution in [2.75, 3.05) is 26.4 Å². The molecule has 1 aliphatic carbocycles. The van der Waals surface area contributed by atoms with Crippen molar-refractivity contribution < 1.29 is 38.9 Å². The summed E-state index contributed by atoms with van der Waals surface area (Å²) < 4.78 is 9.57. The first kappa shape index (κ1) is 23.8. The molecule has 1 saturated carbocycles. The maximum absolute atomic E-state index is 12.3. The molecule has 10 heteroatoms. The van der Waals surface area contributed by atoms with Crippen LogP contribution < -0.4 is 10.6 Å². The molecule has 0 spiro atoms. The van der Waals surface area contributed by atoms with Crippen LogP contribution in [-0.2, 0) is 28.7 Å². The van der Waals surface area contributed by atoms with Crippen molar-refractivity contribution in [3.05, 3.63) is 0 Å². The first-order chi connectivity index (χ1) is 13.3. The zero-order chi connectivity index (χ0) is 21.2. The van der Waals surface area contributed by atoms with Gasteiger partial charge in [-0.15, -0.1) is 0 Å². The van der Waals surface area contributed by atoms with E-state index in [-0.39, 0.29) is 26.1 Å². The molecule has 2 amide bonds. The van der Waals surface area contributed by atoms with Crippen molar-refractivity contribution in [1.82, 2.24) is 10.6 Å². The summed E-state index contributed by atoms with van der Waals surface area (Å²) in [7, 11) is 0. The van der Waals surface area contributed by atoms with Gasteiger partial charge in [0.1, 0.15) is 0 Å². The molecule has 10 nitrogen and oxygen atoms in total. The molecule has 0 unspecified atom stereocenters. The number of rotatable bonds is 12. The fourth-order valence-corrected chi connectivity index (χ4v) is 3.11. The number of hydrogen-bond donors (Lipinski definition) is 4. The van der Waals surface area contributed by atoms with E-state index in [2.05, 4.69) is 10.6 Å². The molecule has 0 aromatic rings. The second kappa shape index (κ2) is 11.6. The summed E-state index contributed by atoms with van der Waals surface area (Å²) in [6, 6.07) is -2.30. The standard InChI is InChI=1S/C18H30N2O8/c1-3-27-16(25)12(10-21)19-14(23)8-18(6-5-7-18)9-15(24)20-13(11-22)17(26)28-4-2/h12-13,21-22H,3-11H2,1-2H3,(H,19,23)(H,20,24)/t12-,13-/m1/s1. The van der Waals surface area contributed by atoms with Crippen molar-refractivity contribution in [2.45, 2.75) is 58.0 Å². The van der Waals surface area contributed by atoms with Crippen LogP contribution in [0.25, 0.3) is 0 Å². The topological polar surface area (TPSA) is 151 Å². The Labute approximate surface area is 163 Å². The van der Waals surface area contributed by atoms with Gasteiger partial charge in [-0.3, -0.25) is 9.59 Å². The van der Waals surface area contributed by atoms with Gasteiger partial charge >= 0.3 is 11.9 Å². The third-order valence-corrected chi connectivity index (χ3v) is 4.66. The number of hydrogen-bond acceptors (Lipinski definition) is 8.